The summed E-state index contributed by atoms with van der Waals surface area (Å²) in [5.74, 6) is 0. The number of hydrogen-bond acceptors (Lipinski definition) is 3. The highest BCUT2D eigenvalue weighted by atomic mass is 32.1. The molecule has 6 aromatic carbocycles. The summed E-state index contributed by atoms with van der Waals surface area (Å²) in [7, 11) is 0. The predicted octanol–water partition coefficient (Wildman–Crippen LogP) is 11.0. The number of anilines is 3. The molecule has 3 heteroatoms. The molecule has 8 rings (SSSR count). The molecule has 1 nitrogen and oxygen atoms in total. The minimum Gasteiger partial charge on any atom is -0.309 e. The van der Waals surface area contributed by atoms with Crippen molar-refractivity contribution in [1.29, 1.82) is 0 Å². The lowest BCUT2D eigenvalue weighted by Gasteiger charge is -2.26. The number of hydrogen-bond donors (Lipinski definition) is 0. The van der Waals surface area contributed by atoms with E-state index in [0.29, 0.717) is 0 Å². The SMILES string of the molecule is c1ccc(N(c2ccc3cc4sc5ccccc5c4cc3c2)c2cccc3c2sc2ccccc23)cc1. The third-order valence-electron chi connectivity index (χ3n) is 7.22. The van der Waals surface area contributed by atoms with Gasteiger partial charge in [-0.15, -0.1) is 22.7 Å². The molecule has 2 aromatic heterocycles. The molecule has 0 amide bonds. The first-order valence-electron chi connectivity index (χ1n) is 12.4. The van der Waals surface area contributed by atoms with Crippen molar-refractivity contribution in [3.8, 4) is 0 Å². The Labute approximate surface area is 222 Å². The molecule has 0 unspecified atom stereocenters. The smallest absolute Gasteiger partial charge is 0.0640 e. The van der Waals surface area contributed by atoms with Gasteiger partial charge in [-0.3, -0.25) is 0 Å². The Morgan fingerprint density at radius 3 is 1.95 bits per heavy atom. The average Bonchev–Trinajstić information content (AvgIpc) is 3.51. The Bertz CT molecular complexity index is 2100. The number of thiophene rings is 2. The number of rotatable bonds is 3. The maximum atomic E-state index is 2.41. The van der Waals surface area contributed by atoms with Crippen molar-refractivity contribution >= 4 is 90.9 Å². The van der Waals surface area contributed by atoms with Crippen LogP contribution in [0.15, 0.2) is 127 Å². The Morgan fingerprint density at radius 1 is 0.405 bits per heavy atom. The highest BCUT2D eigenvalue weighted by Crippen LogP contribution is 2.45. The van der Waals surface area contributed by atoms with Gasteiger partial charge in [-0.05, 0) is 65.4 Å². The molecule has 0 bridgehead atoms. The van der Waals surface area contributed by atoms with Gasteiger partial charge >= 0.3 is 0 Å². The standard InChI is InChI=1S/C34H21NS2/c1-2-9-24(10-3-1)35(30-14-8-13-28-26-11-4-7-16-32(26)37-34(28)30)25-18-17-22-21-33-29(20-23(22)19-25)27-12-5-6-15-31(27)36-33/h1-21H. The first-order chi connectivity index (χ1) is 18.3. The van der Waals surface area contributed by atoms with Gasteiger partial charge in [0.1, 0.15) is 0 Å². The van der Waals surface area contributed by atoms with Crippen LogP contribution in [0.2, 0.25) is 0 Å². The summed E-state index contributed by atoms with van der Waals surface area (Å²) in [6.45, 7) is 0. The van der Waals surface area contributed by atoms with Gasteiger partial charge in [-0.2, -0.15) is 0 Å². The summed E-state index contributed by atoms with van der Waals surface area (Å²) >= 11 is 3.75. The van der Waals surface area contributed by atoms with Crippen LogP contribution in [0.4, 0.5) is 17.1 Å². The van der Waals surface area contributed by atoms with Gasteiger partial charge in [-0.25, -0.2) is 0 Å². The molecule has 174 valence electrons. The van der Waals surface area contributed by atoms with E-state index >= 15 is 0 Å². The molecule has 0 spiro atoms. The van der Waals surface area contributed by atoms with Crippen LogP contribution in [0.25, 0.3) is 51.1 Å². The van der Waals surface area contributed by atoms with Gasteiger partial charge in [0.25, 0.3) is 0 Å². The van der Waals surface area contributed by atoms with Gasteiger partial charge in [-0.1, -0.05) is 72.8 Å². The minimum absolute atomic E-state index is 1.16. The van der Waals surface area contributed by atoms with Crippen LogP contribution >= 0.6 is 22.7 Å². The third kappa shape index (κ3) is 3.28. The zero-order valence-corrected chi connectivity index (χ0v) is 21.5. The molecule has 0 aliphatic heterocycles. The van der Waals surface area contributed by atoms with Crippen molar-refractivity contribution in [2.75, 3.05) is 4.90 Å². The maximum absolute atomic E-state index is 2.41. The predicted molar refractivity (Wildman–Crippen MR) is 164 cm³/mol. The monoisotopic (exact) mass is 507 g/mol. The van der Waals surface area contributed by atoms with Crippen molar-refractivity contribution in [3.05, 3.63) is 127 Å². The molecule has 0 N–H and O–H groups in total. The van der Waals surface area contributed by atoms with Gasteiger partial charge in [0, 0.05) is 47.0 Å². The van der Waals surface area contributed by atoms with E-state index in [2.05, 4.69) is 132 Å². The van der Waals surface area contributed by atoms with Crippen molar-refractivity contribution in [2.45, 2.75) is 0 Å². The lowest BCUT2D eigenvalue weighted by atomic mass is 10.0. The molecule has 0 aliphatic rings. The van der Waals surface area contributed by atoms with E-state index in [4.69, 9.17) is 0 Å². The largest absolute Gasteiger partial charge is 0.309 e. The number of nitrogens with zero attached hydrogens (tertiary/aromatic N) is 1. The molecule has 37 heavy (non-hydrogen) atoms. The second kappa shape index (κ2) is 8.17. The molecule has 8 aromatic rings. The zero-order valence-electron chi connectivity index (χ0n) is 19.9. The lowest BCUT2D eigenvalue weighted by molar-refractivity contribution is 1.31. The molecule has 0 aliphatic carbocycles. The van der Waals surface area contributed by atoms with Crippen LogP contribution in [-0.4, -0.2) is 0 Å². The highest BCUT2D eigenvalue weighted by Gasteiger charge is 2.18. The Kier molecular flexibility index (Phi) is 4.63. The van der Waals surface area contributed by atoms with E-state index in [1.807, 2.05) is 22.7 Å². The van der Waals surface area contributed by atoms with Gasteiger partial charge < -0.3 is 4.90 Å². The van der Waals surface area contributed by atoms with E-state index in [1.165, 1.54) is 62.5 Å². The summed E-state index contributed by atoms with van der Waals surface area (Å²) < 4.78 is 5.32. The molecule has 0 saturated carbocycles. The Hall–Kier alpha value is -4.18. The zero-order chi connectivity index (χ0) is 24.3. The number of para-hydroxylation sites is 1. The van der Waals surface area contributed by atoms with Crippen LogP contribution in [0, 0.1) is 0 Å². The fraction of sp³-hybridized carbons (Fsp3) is 0. The summed E-state index contributed by atoms with van der Waals surface area (Å²) in [5.41, 5.74) is 3.54. The topological polar surface area (TPSA) is 3.24 Å². The van der Waals surface area contributed by atoms with Crippen LogP contribution in [0.5, 0.6) is 0 Å². The number of fused-ring (bicyclic) bond motifs is 7. The van der Waals surface area contributed by atoms with Crippen molar-refractivity contribution in [2.24, 2.45) is 0 Å². The van der Waals surface area contributed by atoms with E-state index in [-0.39, 0.29) is 0 Å². The highest BCUT2D eigenvalue weighted by molar-refractivity contribution is 7.26. The summed E-state index contributed by atoms with van der Waals surface area (Å²) in [4.78, 5) is 2.41. The lowest BCUT2D eigenvalue weighted by Crippen LogP contribution is -2.09. The third-order valence-corrected chi connectivity index (χ3v) is 9.56. The van der Waals surface area contributed by atoms with Crippen molar-refractivity contribution < 1.29 is 0 Å². The molecule has 0 atom stereocenters. The molecule has 0 radical (unpaired) electrons. The molecule has 0 fully saturated rings. The van der Waals surface area contributed by atoms with E-state index in [9.17, 15) is 0 Å². The van der Waals surface area contributed by atoms with E-state index in [1.54, 1.807) is 0 Å². The first kappa shape index (κ1) is 21.0. The molecule has 0 saturated heterocycles. The number of benzene rings is 6. The van der Waals surface area contributed by atoms with E-state index in [0.717, 1.165) is 5.69 Å². The van der Waals surface area contributed by atoms with Crippen LogP contribution in [0.1, 0.15) is 0 Å². The van der Waals surface area contributed by atoms with Crippen molar-refractivity contribution in [1.82, 2.24) is 0 Å². The van der Waals surface area contributed by atoms with Gasteiger partial charge in [0.15, 0.2) is 0 Å². The molecular formula is C34H21NS2. The Balaban J connectivity index is 1.39. The van der Waals surface area contributed by atoms with Crippen LogP contribution in [-0.2, 0) is 0 Å². The average molecular weight is 508 g/mol. The second-order valence-electron chi connectivity index (χ2n) is 9.40. The molecular weight excluding hydrogens is 487 g/mol. The maximum Gasteiger partial charge on any atom is 0.0640 e. The van der Waals surface area contributed by atoms with Gasteiger partial charge in [0.05, 0.1) is 10.4 Å². The molecule has 2 heterocycles. The fourth-order valence-electron chi connectivity index (χ4n) is 5.51. The van der Waals surface area contributed by atoms with Gasteiger partial charge in [0.2, 0.25) is 0 Å². The Morgan fingerprint density at radius 2 is 1.11 bits per heavy atom. The minimum atomic E-state index is 1.16. The first-order valence-corrected chi connectivity index (χ1v) is 14.1. The van der Waals surface area contributed by atoms with E-state index < -0.39 is 0 Å². The van der Waals surface area contributed by atoms with Crippen molar-refractivity contribution in [3.63, 3.8) is 0 Å². The van der Waals surface area contributed by atoms with Crippen LogP contribution < -0.4 is 4.90 Å². The summed E-state index contributed by atoms with van der Waals surface area (Å²) in [6.07, 6.45) is 0. The summed E-state index contributed by atoms with van der Waals surface area (Å²) in [5, 5.41) is 7.84. The summed E-state index contributed by atoms with van der Waals surface area (Å²) in [6, 6.07) is 46.5. The fourth-order valence-corrected chi connectivity index (χ4v) is 7.85. The normalized spacial score (nSPS) is 11.8. The van der Waals surface area contributed by atoms with Crippen LogP contribution in [0.3, 0.4) is 0 Å². The quantitative estimate of drug-likeness (QED) is 0.230. The second-order valence-corrected chi connectivity index (χ2v) is 11.5.